The van der Waals surface area contributed by atoms with Gasteiger partial charge in [0.2, 0.25) is 0 Å². The molecule has 0 aliphatic carbocycles. The highest BCUT2D eigenvalue weighted by molar-refractivity contribution is 7.12. The molecule has 1 aliphatic heterocycles. The number of hydrazone groups is 1. The van der Waals surface area contributed by atoms with E-state index in [1.165, 1.54) is 17.6 Å². The van der Waals surface area contributed by atoms with Crippen molar-refractivity contribution < 1.29 is 9.18 Å². The first kappa shape index (κ1) is 18.6. The standard InChI is InChI=1S/C20H24FN3OS/c1-5-24-17-10-16(21)14(9-15(17)13(2)11-20(24,3)4)12-22-23-19(25)18-7-6-8-26-18/h6-10,12-13H,5,11H2,1-4H3,(H,23,25)/b22-12+. The summed E-state index contributed by atoms with van der Waals surface area (Å²) in [5.41, 5.74) is 4.91. The van der Waals surface area contributed by atoms with Crippen LogP contribution in [-0.4, -0.2) is 24.2 Å². The predicted molar refractivity (Wildman–Crippen MR) is 106 cm³/mol. The maximum atomic E-state index is 14.6. The molecule has 4 nitrogen and oxygen atoms in total. The zero-order valence-corrected chi connectivity index (χ0v) is 16.4. The van der Waals surface area contributed by atoms with Crippen molar-refractivity contribution in [1.82, 2.24) is 5.43 Å². The lowest BCUT2D eigenvalue weighted by Crippen LogP contribution is -2.48. The van der Waals surface area contributed by atoms with Gasteiger partial charge in [-0.1, -0.05) is 13.0 Å². The van der Waals surface area contributed by atoms with Gasteiger partial charge < -0.3 is 4.90 Å². The maximum absolute atomic E-state index is 14.6. The second-order valence-electron chi connectivity index (χ2n) is 7.27. The maximum Gasteiger partial charge on any atom is 0.281 e. The summed E-state index contributed by atoms with van der Waals surface area (Å²) in [6.45, 7) is 9.49. The van der Waals surface area contributed by atoms with Crippen molar-refractivity contribution in [3.8, 4) is 0 Å². The highest BCUT2D eigenvalue weighted by Gasteiger charge is 2.36. The molecule has 0 bridgehead atoms. The van der Waals surface area contributed by atoms with Crippen LogP contribution in [0.5, 0.6) is 0 Å². The van der Waals surface area contributed by atoms with Crippen molar-refractivity contribution in [3.63, 3.8) is 0 Å². The van der Waals surface area contributed by atoms with E-state index in [9.17, 15) is 9.18 Å². The van der Waals surface area contributed by atoms with E-state index < -0.39 is 0 Å². The third-order valence-electron chi connectivity index (χ3n) is 4.94. The molecule has 0 saturated carbocycles. The van der Waals surface area contributed by atoms with Crippen LogP contribution in [0.3, 0.4) is 0 Å². The first-order valence-corrected chi connectivity index (χ1v) is 9.69. The van der Waals surface area contributed by atoms with Crippen molar-refractivity contribution >= 4 is 29.1 Å². The van der Waals surface area contributed by atoms with Crippen molar-refractivity contribution in [2.24, 2.45) is 5.10 Å². The Hall–Kier alpha value is -2.21. The fourth-order valence-electron chi connectivity index (χ4n) is 3.84. The van der Waals surface area contributed by atoms with E-state index in [-0.39, 0.29) is 17.3 Å². The van der Waals surface area contributed by atoms with Gasteiger partial charge in [0.05, 0.1) is 11.1 Å². The number of halogens is 1. The molecule has 0 saturated heterocycles. The van der Waals surface area contributed by atoms with Crippen LogP contribution in [0.2, 0.25) is 0 Å². The minimum absolute atomic E-state index is 0.00209. The molecule has 1 N–H and O–H groups in total. The lowest BCUT2D eigenvalue weighted by molar-refractivity contribution is 0.0959. The number of thiophene rings is 1. The highest BCUT2D eigenvalue weighted by Crippen LogP contribution is 2.43. The molecule has 2 aromatic rings. The molecular formula is C20H24FN3OS. The van der Waals surface area contributed by atoms with E-state index in [1.807, 2.05) is 11.4 Å². The Labute approximate surface area is 157 Å². The van der Waals surface area contributed by atoms with Crippen molar-refractivity contribution in [2.45, 2.75) is 45.6 Å². The van der Waals surface area contributed by atoms with E-state index in [0.29, 0.717) is 16.4 Å². The highest BCUT2D eigenvalue weighted by atomic mass is 32.1. The van der Waals surface area contributed by atoms with Gasteiger partial charge in [0.15, 0.2) is 0 Å². The average molecular weight is 373 g/mol. The molecule has 0 fully saturated rings. The predicted octanol–water partition coefficient (Wildman–Crippen LogP) is 4.76. The van der Waals surface area contributed by atoms with Crippen LogP contribution >= 0.6 is 11.3 Å². The van der Waals surface area contributed by atoms with Gasteiger partial charge in [-0.15, -0.1) is 11.3 Å². The summed E-state index contributed by atoms with van der Waals surface area (Å²) in [5.74, 6) is -0.292. The molecule has 2 heterocycles. The first-order valence-electron chi connectivity index (χ1n) is 8.81. The molecule has 0 radical (unpaired) electrons. The summed E-state index contributed by atoms with van der Waals surface area (Å²) < 4.78 is 14.6. The molecule has 1 atom stereocenters. The number of carbonyl (C=O) groups excluding carboxylic acids is 1. The molecule has 6 heteroatoms. The number of nitrogens with one attached hydrogen (secondary N) is 1. The molecule has 1 aliphatic rings. The Balaban J connectivity index is 1.85. The fraction of sp³-hybridized carbons (Fsp3) is 0.400. The Morgan fingerprint density at radius 1 is 1.50 bits per heavy atom. The van der Waals surface area contributed by atoms with Gasteiger partial charge in [0.25, 0.3) is 5.91 Å². The molecule has 138 valence electrons. The first-order chi connectivity index (χ1) is 12.3. The molecule has 1 amide bonds. The number of hydrogen-bond acceptors (Lipinski definition) is 4. The van der Waals surface area contributed by atoms with Gasteiger partial charge in [-0.25, -0.2) is 9.82 Å². The Morgan fingerprint density at radius 2 is 2.27 bits per heavy atom. The third kappa shape index (κ3) is 3.51. The summed E-state index contributed by atoms with van der Waals surface area (Å²) >= 11 is 1.34. The zero-order valence-electron chi connectivity index (χ0n) is 15.5. The molecule has 1 unspecified atom stereocenters. The Morgan fingerprint density at radius 3 is 2.92 bits per heavy atom. The van der Waals surface area contributed by atoms with E-state index in [0.717, 1.165) is 24.2 Å². The molecule has 1 aromatic carbocycles. The fourth-order valence-corrected chi connectivity index (χ4v) is 4.46. The van der Waals surface area contributed by atoms with Crippen LogP contribution in [0.25, 0.3) is 0 Å². The number of nitrogens with zero attached hydrogens (tertiary/aromatic N) is 2. The van der Waals surface area contributed by atoms with E-state index in [4.69, 9.17) is 0 Å². The van der Waals surface area contributed by atoms with E-state index in [2.05, 4.69) is 43.1 Å². The van der Waals surface area contributed by atoms with E-state index in [1.54, 1.807) is 18.2 Å². The molecule has 3 rings (SSSR count). The second-order valence-corrected chi connectivity index (χ2v) is 8.22. The molecule has 1 aromatic heterocycles. The smallest absolute Gasteiger partial charge is 0.281 e. The van der Waals surface area contributed by atoms with Crippen LogP contribution in [0.4, 0.5) is 10.1 Å². The number of rotatable bonds is 4. The van der Waals surface area contributed by atoms with Crippen molar-refractivity contribution in [2.75, 3.05) is 11.4 Å². The minimum atomic E-state index is -0.332. The van der Waals surface area contributed by atoms with Crippen molar-refractivity contribution in [3.05, 3.63) is 51.5 Å². The second kappa shape index (κ2) is 7.19. The largest absolute Gasteiger partial charge is 0.366 e. The van der Waals surface area contributed by atoms with Gasteiger partial charge in [-0.3, -0.25) is 4.79 Å². The lowest BCUT2D eigenvalue weighted by atomic mass is 9.79. The summed E-state index contributed by atoms with van der Waals surface area (Å²) in [5, 5.41) is 5.75. The summed E-state index contributed by atoms with van der Waals surface area (Å²) in [6.07, 6.45) is 2.38. The molecule has 0 spiro atoms. The molecular weight excluding hydrogens is 349 g/mol. The van der Waals surface area contributed by atoms with Gasteiger partial charge >= 0.3 is 0 Å². The minimum Gasteiger partial charge on any atom is -0.366 e. The van der Waals surface area contributed by atoms with Gasteiger partial charge in [0, 0.05) is 23.3 Å². The summed E-state index contributed by atoms with van der Waals surface area (Å²) in [7, 11) is 0. The normalized spacial score (nSPS) is 18.8. The van der Waals surface area contributed by atoms with Gasteiger partial charge in [-0.2, -0.15) is 5.10 Å². The average Bonchev–Trinajstić information content (AvgIpc) is 3.10. The third-order valence-corrected chi connectivity index (χ3v) is 5.80. The number of hydrogen-bond donors (Lipinski definition) is 1. The lowest BCUT2D eigenvalue weighted by Gasteiger charge is -2.47. The van der Waals surface area contributed by atoms with Crippen LogP contribution in [0.15, 0.2) is 34.7 Å². The van der Waals surface area contributed by atoms with Crippen LogP contribution in [0, 0.1) is 5.82 Å². The van der Waals surface area contributed by atoms with Crippen LogP contribution in [-0.2, 0) is 0 Å². The zero-order chi connectivity index (χ0) is 18.9. The summed E-state index contributed by atoms with van der Waals surface area (Å²) in [6, 6.07) is 6.97. The Bertz CT molecular complexity index is 830. The number of fused-ring (bicyclic) bond motifs is 1. The van der Waals surface area contributed by atoms with E-state index >= 15 is 0 Å². The topological polar surface area (TPSA) is 44.7 Å². The molecule has 26 heavy (non-hydrogen) atoms. The Kier molecular flexibility index (Phi) is 5.14. The number of anilines is 1. The van der Waals surface area contributed by atoms with Crippen molar-refractivity contribution in [1.29, 1.82) is 0 Å². The van der Waals surface area contributed by atoms with Crippen LogP contribution < -0.4 is 10.3 Å². The number of carbonyl (C=O) groups is 1. The van der Waals surface area contributed by atoms with Crippen LogP contribution in [0.1, 0.15) is 60.8 Å². The number of benzene rings is 1. The SMILES string of the molecule is CCN1c2cc(F)c(/C=N/NC(=O)c3cccs3)cc2C(C)CC1(C)C. The summed E-state index contributed by atoms with van der Waals surface area (Å²) in [4.78, 5) is 14.7. The quantitative estimate of drug-likeness (QED) is 0.620. The van der Waals surface area contributed by atoms with Gasteiger partial charge in [-0.05, 0) is 62.3 Å². The number of amides is 1. The van der Waals surface area contributed by atoms with Gasteiger partial charge in [0.1, 0.15) is 5.82 Å². The monoisotopic (exact) mass is 373 g/mol.